The molecule has 0 fully saturated rings. The highest BCUT2D eigenvalue weighted by atomic mass is 35.5. The van der Waals surface area contributed by atoms with Crippen LogP contribution >= 0.6 is 11.6 Å². The molecule has 0 aliphatic carbocycles. The van der Waals surface area contributed by atoms with Crippen LogP contribution in [0.2, 0.25) is 0 Å². The van der Waals surface area contributed by atoms with Crippen molar-refractivity contribution in [1.82, 2.24) is 4.90 Å². The van der Waals surface area contributed by atoms with Gasteiger partial charge >= 0.3 is 5.82 Å². The van der Waals surface area contributed by atoms with E-state index in [1.807, 2.05) is 26.5 Å². The van der Waals surface area contributed by atoms with E-state index in [4.69, 9.17) is 21.6 Å². The maximum atomic E-state index is 7.06. The van der Waals surface area contributed by atoms with E-state index in [9.17, 15) is 0 Å². The molecular weight excluding hydrogens is 478 g/mol. The second kappa shape index (κ2) is 8.78. The summed E-state index contributed by atoms with van der Waals surface area (Å²) in [4.78, 5) is 12.1. The predicted octanol–water partition coefficient (Wildman–Crippen LogP) is 5.65. The first-order valence-corrected chi connectivity index (χ1v) is 13.3. The molecule has 0 radical (unpaired) electrons. The van der Waals surface area contributed by atoms with Crippen LogP contribution in [0.4, 0.5) is 5.82 Å². The molecule has 5 nitrogen and oxygen atoms in total. The third kappa shape index (κ3) is 4.38. The number of allylic oxidation sites excluding steroid dienone is 6. The maximum absolute atomic E-state index is 7.06. The maximum Gasteiger partial charge on any atom is 0.327 e. The zero-order chi connectivity index (χ0) is 26.8. The number of halogens is 1. The predicted molar refractivity (Wildman–Crippen MR) is 154 cm³/mol. The van der Waals surface area contributed by atoms with Crippen LogP contribution in [0.15, 0.2) is 98.4 Å². The molecule has 0 saturated carbocycles. The molecule has 4 aliphatic rings. The van der Waals surface area contributed by atoms with Crippen molar-refractivity contribution in [3.63, 3.8) is 0 Å². The quantitative estimate of drug-likeness (QED) is 0.378. The number of fused-ring (bicyclic) bond motifs is 2. The van der Waals surface area contributed by atoms with Gasteiger partial charge in [-0.1, -0.05) is 37.6 Å². The molecule has 192 valence electrons. The van der Waals surface area contributed by atoms with Gasteiger partial charge in [0.1, 0.15) is 18.9 Å². The van der Waals surface area contributed by atoms with E-state index in [1.165, 1.54) is 11.1 Å². The Kier molecular flexibility index (Phi) is 6.08. The molecule has 37 heavy (non-hydrogen) atoms. The van der Waals surface area contributed by atoms with Gasteiger partial charge in [0.15, 0.2) is 5.71 Å². The summed E-state index contributed by atoms with van der Waals surface area (Å²) in [7, 11) is 8.61. The van der Waals surface area contributed by atoms with Gasteiger partial charge in [-0.3, -0.25) is 0 Å². The molecule has 0 atom stereocenters. The number of rotatable bonds is 3. The third-order valence-corrected chi connectivity index (χ3v) is 8.51. The van der Waals surface area contributed by atoms with Gasteiger partial charge in [0.25, 0.3) is 0 Å². The lowest BCUT2D eigenvalue weighted by Gasteiger charge is -2.35. The van der Waals surface area contributed by atoms with Crippen molar-refractivity contribution in [3.8, 4) is 0 Å². The van der Waals surface area contributed by atoms with Gasteiger partial charge in [-0.15, -0.1) is 0 Å². The van der Waals surface area contributed by atoms with Crippen molar-refractivity contribution in [2.24, 2.45) is 22.4 Å². The number of hydrogen-bond donors (Lipinski definition) is 0. The van der Waals surface area contributed by atoms with Crippen LogP contribution < -0.4 is 4.57 Å². The molecule has 0 saturated heterocycles. The summed E-state index contributed by atoms with van der Waals surface area (Å²) in [6.07, 6.45) is 17.0. The van der Waals surface area contributed by atoms with Crippen LogP contribution in [-0.2, 0) is 12.5 Å². The minimum atomic E-state index is -0.152. The number of aromatic nitrogens is 1. The van der Waals surface area contributed by atoms with Gasteiger partial charge in [-0.25, -0.2) is 9.56 Å². The molecule has 6 heteroatoms. The molecule has 0 bridgehead atoms. The largest absolute Gasteiger partial charge is 0.336 e. The summed E-state index contributed by atoms with van der Waals surface area (Å²) >= 11 is 7.06. The Morgan fingerprint density at radius 1 is 1.05 bits per heavy atom. The van der Waals surface area contributed by atoms with Crippen molar-refractivity contribution < 1.29 is 9.05 Å². The lowest BCUT2D eigenvalue weighted by molar-refractivity contribution is -0.881. The average Bonchev–Trinajstić information content (AvgIpc) is 3.24. The molecule has 0 unspecified atom stereocenters. The summed E-state index contributed by atoms with van der Waals surface area (Å²) in [6, 6.07) is 4.26. The van der Waals surface area contributed by atoms with Crippen molar-refractivity contribution in [2.75, 3.05) is 34.2 Å². The fraction of sp³-hybridized carbons (Fsp3) is 0.387. The lowest BCUT2D eigenvalue weighted by Crippen LogP contribution is -2.45. The topological polar surface area (TPSA) is 31.8 Å². The number of amidine groups is 1. The summed E-state index contributed by atoms with van der Waals surface area (Å²) in [5.41, 5.74) is 6.59. The summed E-state index contributed by atoms with van der Waals surface area (Å²) in [5, 5.41) is 0.837. The molecule has 0 aromatic carbocycles. The molecule has 5 rings (SSSR count). The van der Waals surface area contributed by atoms with Crippen molar-refractivity contribution in [1.29, 1.82) is 0 Å². The minimum absolute atomic E-state index is 0.152. The van der Waals surface area contributed by atoms with Crippen molar-refractivity contribution in [3.05, 3.63) is 94.0 Å². The normalized spacial score (nSPS) is 25.5. The first kappa shape index (κ1) is 25.6. The third-order valence-electron chi connectivity index (χ3n) is 8.02. The van der Waals surface area contributed by atoms with E-state index in [0.717, 1.165) is 56.8 Å². The molecule has 4 aliphatic heterocycles. The number of nitrogens with zero attached hydrogens (tertiary/aromatic N) is 5. The van der Waals surface area contributed by atoms with Crippen LogP contribution in [-0.4, -0.2) is 55.2 Å². The highest BCUT2D eigenvalue weighted by Gasteiger charge is 2.42. The van der Waals surface area contributed by atoms with Gasteiger partial charge in [0.05, 0.1) is 49.0 Å². The number of pyridine rings is 1. The van der Waals surface area contributed by atoms with E-state index in [2.05, 4.69) is 99.8 Å². The highest BCUT2D eigenvalue weighted by molar-refractivity contribution is 6.32. The Labute approximate surface area is 226 Å². The number of likely N-dealkylation sites (N-methyl/N-ethyl adjacent to an activating group) is 2. The van der Waals surface area contributed by atoms with Gasteiger partial charge in [0.2, 0.25) is 0 Å². The molecule has 0 spiro atoms. The van der Waals surface area contributed by atoms with Crippen LogP contribution in [0.5, 0.6) is 0 Å². The lowest BCUT2D eigenvalue weighted by atomic mass is 9.81. The average molecular weight is 516 g/mol. The molecule has 5 heterocycles. The van der Waals surface area contributed by atoms with E-state index < -0.39 is 0 Å². The minimum Gasteiger partial charge on any atom is -0.336 e. The van der Waals surface area contributed by atoms with Crippen LogP contribution in [0.25, 0.3) is 0 Å². The zero-order valence-corrected chi connectivity index (χ0v) is 24.1. The van der Waals surface area contributed by atoms with Gasteiger partial charge in [-0.2, -0.15) is 0 Å². The second-order valence-corrected chi connectivity index (χ2v) is 12.6. The van der Waals surface area contributed by atoms with Crippen LogP contribution in [0.3, 0.4) is 0 Å². The SMILES string of the molecule is CN1C=CC=C2C1=NC(=CC=C1C[N+](C)(C)CC(C=CC3=Nc4c(ccc[n+]4C)C3(C)C)=C1Cl)C2(C)C. The van der Waals surface area contributed by atoms with Crippen molar-refractivity contribution in [2.45, 2.75) is 33.1 Å². The summed E-state index contributed by atoms with van der Waals surface area (Å²) in [5.74, 6) is 2.05. The van der Waals surface area contributed by atoms with Gasteiger partial charge in [0, 0.05) is 35.4 Å². The Bertz CT molecular complexity index is 1420. The number of aliphatic imine (C=N–C) groups is 2. The number of hydrogen-bond acceptors (Lipinski definition) is 3. The van der Waals surface area contributed by atoms with Crippen LogP contribution in [0.1, 0.15) is 33.3 Å². The standard InChI is InChI=1S/C31H38ClN5/c1-30(2)23-11-9-17-35(5)28(23)33-25(30)15-13-21-19-37(7,8)20-22(27(21)32)14-16-26-31(3,4)24-12-10-18-36(6)29(24)34-26/h9-18H,19-20H2,1-8H3/q+2. The summed E-state index contributed by atoms with van der Waals surface area (Å²) in [6.45, 7) is 10.7. The Balaban J connectivity index is 1.49. The number of aryl methyl sites for hydroxylation is 1. The Hall–Kier alpha value is -3.02. The molecule has 1 aromatic rings. The Morgan fingerprint density at radius 2 is 1.81 bits per heavy atom. The molecule has 1 aromatic heterocycles. The van der Waals surface area contributed by atoms with E-state index >= 15 is 0 Å². The van der Waals surface area contributed by atoms with E-state index in [1.54, 1.807) is 0 Å². The highest BCUT2D eigenvalue weighted by Crippen LogP contribution is 2.44. The number of quaternary nitrogens is 1. The molecule has 0 N–H and O–H groups in total. The first-order chi connectivity index (χ1) is 17.3. The Morgan fingerprint density at radius 3 is 2.51 bits per heavy atom. The second-order valence-electron chi connectivity index (χ2n) is 12.2. The zero-order valence-electron chi connectivity index (χ0n) is 23.3. The fourth-order valence-corrected chi connectivity index (χ4v) is 5.92. The van der Waals surface area contributed by atoms with Gasteiger partial charge in [-0.05, 0) is 55.3 Å². The molecule has 0 amide bonds. The smallest absolute Gasteiger partial charge is 0.327 e. The first-order valence-electron chi connectivity index (χ1n) is 12.9. The van der Waals surface area contributed by atoms with Crippen LogP contribution in [0, 0.1) is 5.41 Å². The summed E-state index contributed by atoms with van der Waals surface area (Å²) < 4.78 is 2.93. The molecular formula is C31H38ClN5+2. The monoisotopic (exact) mass is 515 g/mol. The van der Waals surface area contributed by atoms with E-state index in [0.29, 0.717) is 0 Å². The van der Waals surface area contributed by atoms with E-state index in [-0.39, 0.29) is 10.8 Å². The van der Waals surface area contributed by atoms with Crippen molar-refractivity contribution >= 4 is 29.0 Å². The fourth-order valence-electron chi connectivity index (χ4n) is 5.67. The van der Waals surface area contributed by atoms with Gasteiger partial charge < -0.3 is 9.38 Å².